The second kappa shape index (κ2) is 5.85. The summed E-state index contributed by atoms with van der Waals surface area (Å²) in [5.74, 6) is 0. The Morgan fingerprint density at radius 1 is 1.54 bits per heavy atom. The van der Waals surface area contributed by atoms with Crippen LogP contribution in [0.1, 0.15) is 6.42 Å². The van der Waals surface area contributed by atoms with Crippen molar-refractivity contribution in [3.63, 3.8) is 0 Å². The first kappa shape index (κ1) is 13.2. The zero-order chi connectivity index (χ0) is 10.5. The van der Waals surface area contributed by atoms with Crippen LogP contribution in [0.5, 0.6) is 0 Å². The van der Waals surface area contributed by atoms with Crippen molar-refractivity contribution in [1.29, 1.82) is 0 Å². The van der Waals surface area contributed by atoms with Crippen molar-refractivity contribution < 1.29 is 32.9 Å². The quantitative estimate of drug-likeness (QED) is 0.399. The molecule has 0 aromatic rings. The Kier molecular flexibility index (Phi) is 5.95. The first-order valence-corrected chi connectivity index (χ1v) is 5.96. The Hall–Kier alpha value is 0.220. The SMILES string of the molecule is NC1CCOP(=O)(O)O1.O=[PH](O)O. The molecule has 0 amide bonds. The highest BCUT2D eigenvalue weighted by Gasteiger charge is 2.29. The highest BCUT2D eigenvalue weighted by atomic mass is 31.2. The summed E-state index contributed by atoms with van der Waals surface area (Å²) < 4.78 is 27.9. The lowest BCUT2D eigenvalue weighted by molar-refractivity contribution is 0.0508. The van der Waals surface area contributed by atoms with Crippen molar-refractivity contribution in [3.8, 4) is 0 Å². The van der Waals surface area contributed by atoms with Gasteiger partial charge in [0.1, 0.15) is 6.23 Å². The molecule has 1 aliphatic heterocycles. The maximum Gasteiger partial charge on any atom is 0.473 e. The van der Waals surface area contributed by atoms with Gasteiger partial charge >= 0.3 is 16.1 Å². The average molecular weight is 235 g/mol. The summed E-state index contributed by atoms with van der Waals surface area (Å²) in [5, 5.41) is 0. The molecule has 0 aromatic heterocycles. The van der Waals surface area contributed by atoms with E-state index in [0.717, 1.165) is 0 Å². The fourth-order valence-corrected chi connectivity index (χ4v) is 1.38. The Morgan fingerprint density at radius 2 is 2.00 bits per heavy atom. The Labute approximate surface area is 74.8 Å². The molecule has 0 saturated carbocycles. The van der Waals surface area contributed by atoms with Crippen LogP contribution in [0.4, 0.5) is 0 Å². The summed E-state index contributed by atoms with van der Waals surface area (Å²) in [7, 11) is -6.90. The van der Waals surface area contributed by atoms with E-state index in [9.17, 15) is 4.57 Å². The van der Waals surface area contributed by atoms with E-state index >= 15 is 0 Å². The van der Waals surface area contributed by atoms with Gasteiger partial charge in [0.2, 0.25) is 0 Å². The highest BCUT2D eigenvalue weighted by Crippen LogP contribution is 2.46. The summed E-state index contributed by atoms with van der Waals surface area (Å²) in [5.41, 5.74) is 5.18. The van der Waals surface area contributed by atoms with Gasteiger partial charge in [-0.3, -0.25) is 13.6 Å². The molecule has 13 heavy (non-hydrogen) atoms. The van der Waals surface area contributed by atoms with Crippen LogP contribution in [-0.2, 0) is 18.2 Å². The molecule has 0 spiro atoms. The summed E-state index contributed by atoms with van der Waals surface area (Å²) in [6, 6.07) is 0. The summed E-state index contributed by atoms with van der Waals surface area (Å²) >= 11 is 0. The molecule has 0 aliphatic carbocycles. The van der Waals surface area contributed by atoms with Crippen molar-refractivity contribution in [2.75, 3.05) is 6.61 Å². The predicted molar refractivity (Wildman–Crippen MR) is 42.9 cm³/mol. The molecule has 80 valence electrons. The maximum atomic E-state index is 10.5. The van der Waals surface area contributed by atoms with E-state index in [4.69, 9.17) is 25.0 Å². The lowest BCUT2D eigenvalue weighted by atomic mass is 10.4. The van der Waals surface area contributed by atoms with E-state index in [1.165, 1.54) is 0 Å². The van der Waals surface area contributed by atoms with Gasteiger partial charge < -0.3 is 20.4 Å². The smallest absolute Gasteiger partial charge is 0.326 e. The zero-order valence-electron chi connectivity index (χ0n) is 6.49. The molecule has 10 heteroatoms. The third-order valence-corrected chi connectivity index (χ3v) is 1.97. The van der Waals surface area contributed by atoms with Gasteiger partial charge in [-0.2, -0.15) is 0 Å². The van der Waals surface area contributed by atoms with Crippen LogP contribution in [0, 0.1) is 0 Å². The van der Waals surface area contributed by atoms with Crippen molar-refractivity contribution in [2.45, 2.75) is 12.6 Å². The van der Waals surface area contributed by atoms with Crippen molar-refractivity contribution in [1.82, 2.24) is 0 Å². The Morgan fingerprint density at radius 3 is 2.23 bits per heavy atom. The van der Waals surface area contributed by atoms with Gasteiger partial charge in [0.25, 0.3) is 0 Å². The molecule has 2 unspecified atom stereocenters. The molecule has 1 aliphatic rings. The molecular weight excluding hydrogens is 224 g/mol. The van der Waals surface area contributed by atoms with Gasteiger partial charge in [-0.25, -0.2) is 4.57 Å². The first-order chi connectivity index (χ1) is 5.83. The molecular formula is C3H11NO7P2. The molecule has 1 heterocycles. The van der Waals surface area contributed by atoms with Gasteiger partial charge in [0.15, 0.2) is 0 Å². The average Bonchev–Trinajstić information content (AvgIpc) is 1.81. The zero-order valence-corrected chi connectivity index (χ0v) is 8.39. The molecule has 1 rings (SSSR count). The van der Waals surface area contributed by atoms with Crippen molar-refractivity contribution >= 4 is 16.1 Å². The number of phosphoric ester groups is 1. The molecule has 8 nitrogen and oxygen atoms in total. The van der Waals surface area contributed by atoms with Crippen molar-refractivity contribution in [3.05, 3.63) is 0 Å². The molecule has 0 bridgehead atoms. The largest absolute Gasteiger partial charge is 0.473 e. The van der Waals surface area contributed by atoms with Crippen molar-refractivity contribution in [2.24, 2.45) is 5.73 Å². The number of hydrogen-bond donors (Lipinski definition) is 4. The monoisotopic (exact) mass is 235 g/mol. The number of phosphoric acid groups is 1. The molecule has 2 atom stereocenters. The van der Waals surface area contributed by atoms with Crippen LogP contribution in [0.25, 0.3) is 0 Å². The lowest BCUT2D eigenvalue weighted by Crippen LogP contribution is -2.28. The number of hydrogen-bond acceptors (Lipinski definition) is 5. The molecule has 0 aromatic carbocycles. The fraction of sp³-hybridized carbons (Fsp3) is 1.00. The van der Waals surface area contributed by atoms with Gasteiger partial charge in [-0.1, -0.05) is 0 Å². The topological polar surface area (TPSA) is 139 Å². The van der Waals surface area contributed by atoms with E-state index in [1.807, 2.05) is 0 Å². The normalized spacial score (nSPS) is 33.8. The number of rotatable bonds is 0. The standard InChI is InChI=1S/C3H8NO4P.H3O3P/c4-3-1-2-7-9(5,6)8-3;1-4(2)3/h3H,1-2,4H2,(H,5,6);4H,(H2,1,2,3). The second-order valence-corrected chi connectivity index (χ2v) is 3.99. The maximum absolute atomic E-state index is 10.5. The molecule has 1 fully saturated rings. The predicted octanol–water partition coefficient (Wildman–Crippen LogP) is -0.831. The minimum atomic E-state index is -3.77. The molecule has 1 saturated heterocycles. The van der Waals surface area contributed by atoms with Gasteiger partial charge in [0.05, 0.1) is 6.61 Å². The Balaban J connectivity index is 0.000000310. The number of nitrogens with two attached hydrogens (primary N) is 1. The van der Waals surface area contributed by atoms with E-state index in [0.29, 0.717) is 6.42 Å². The van der Waals surface area contributed by atoms with Crippen LogP contribution in [-0.4, -0.2) is 27.5 Å². The minimum Gasteiger partial charge on any atom is -0.326 e. The first-order valence-electron chi connectivity index (χ1n) is 3.17. The summed E-state index contributed by atoms with van der Waals surface area (Å²) in [4.78, 5) is 22.9. The van der Waals surface area contributed by atoms with Gasteiger partial charge in [-0.05, 0) is 0 Å². The fourth-order valence-electron chi connectivity index (χ4n) is 0.538. The summed E-state index contributed by atoms with van der Waals surface area (Å²) in [6.07, 6.45) is -0.195. The van der Waals surface area contributed by atoms with E-state index < -0.39 is 22.3 Å². The lowest BCUT2D eigenvalue weighted by Gasteiger charge is -2.22. The third kappa shape index (κ3) is 8.55. The van der Waals surface area contributed by atoms with Crippen LogP contribution in [0.2, 0.25) is 0 Å². The van der Waals surface area contributed by atoms with Crippen LogP contribution in [0.15, 0.2) is 0 Å². The van der Waals surface area contributed by atoms with E-state index in [1.54, 1.807) is 0 Å². The third-order valence-electron chi connectivity index (χ3n) is 0.925. The van der Waals surface area contributed by atoms with Crippen LogP contribution in [0.3, 0.4) is 0 Å². The van der Waals surface area contributed by atoms with Crippen LogP contribution >= 0.6 is 16.1 Å². The van der Waals surface area contributed by atoms with E-state index in [-0.39, 0.29) is 6.61 Å². The minimum absolute atomic E-state index is 0.189. The second-order valence-electron chi connectivity index (χ2n) is 2.02. The summed E-state index contributed by atoms with van der Waals surface area (Å²) in [6.45, 7) is 0.189. The van der Waals surface area contributed by atoms with E-state index in [2.05, 4.69) is 9.05 Å². The highest BCUT2D eigenvalue weighted by molar-refractivity contribution is 7.47. The molecule has 0 radical (unpaired) electrons. The Bertz CT molecular complexity index is 216. The van der Waals surface area contributed by atoms with Crippen LogP contribution < -0.4 is 5.73 Å². The molecule has 5 N–H and O–H groups in total. The van der Waals surface area contributed by atoms with Gasteiger partial charge in [-0.15, -0.1) is 0 Å². The van der Waals surface area contributed by atoms with Gasteiger partial charge in [0, 0.05) is 6.42 Å².